The van der Waals surface area contributed by atoms with Crippen LogP contribution in [-0.4, -0.2) is 34.6 Å². The molecular formula is C30H34N2O2S. The Hall–Kier alpha value is -3.05. The molecule has 1 atom stereocenters. The molecule has 4 rings (SSSR count). The van der Waals surface area contributed by atoms with Gasteiger partial charge in [0.05, 0.1) is 5.75 Å². The summed E-state index contributed by atoms with van der Waals surface area (Å²) in [4.78, 5) is 30.2. The van der Waals surface area contributed by atoms with E-state index in [2.05, 4.69) is 5.32 Å². The molecule has 5 heteroatoms. The van der Waals surface area contributed by atoms with E-state index in [1.165, 1.54) is 18.2 Å². The minimum absolute atomic E-state index is 0.0255. The van der Waals surface area contributed by atoms with E-state index in [9.17, 15) is 9.59 Å². The van der Waals surface area contributed by atoms with Crippen molar-refractivity contribution in [2.45, 2.75) is 62.0 Å². The number of amides is 2. The van der Waals surface area contributed by atoms with Gasteiger partial charge in [-0.1, -0.05) is 98.1 Å². The minimum atomic E-state index is -0.566. The maximum absolute atomic E-state index is 13.7. The van der Waals surface area contributed by atoms with Crippen LogP contribution in [0.2, 0.25) is 0 Å². The van der Waals surface area contributed by atoms with Crippen molar-refractivity contribution in [3.63, 3.8) is 0 Å². The van der Waals surface area contributed by atoms with Gasteiger partial charge in [-0.2, -0.15) is 0 Å². The number of carbonyl (C=O) groups is 2. The van der Waals surface area contributed by atoms with Crippen LogP contribution in [-0.2, 0) is 22.6 Å². The number of rotatable bonds is 10. The van der Waals surface area contributed by atoms with Crippen LogP contribution in [0.4, 0.5) is 0 Å². The third-order valence-electron chi connectivity index (χ3n) is 6.52. The van der Waals surface area contributed by atoms with Crippen molar-refractivity contribution in [2.24, 2.45) is 0 Å². The van der Waals surface area contributed by atoms with E-state index in [4.69, 9.17) is 0 Å². The van der Waals surface area contributed by atoms with Gasteiger partial charge in [0.25, 0.3) is 0 Å². The first kappa shape index (κ1) is 25.1. The fourth-order valence-electron chi connectivity index (χ4n) is 4.62. The van der Waals surface area contributed by atoms with Crippen molar-refractivity contribution in [1.82, 2.24) is 10.2 Å². The minimum Gasteiger partial charge on any atom is -0.352 e. The van der Waals surface area contributed by atoms with E-state index in [0.717, 1.165) is 41.7 Å². The highest BCUT2D eigenvalue weighted by molar-refractivity contribution is 8.00. The second-order valence-corrected chi connectivity index (χ2v) is 10.2. The summed E-state index contributed by atoms with van der Waals surface area (Å²) in [7, 11) is 0. The molecule has 1 aliphatic rings. The van der Waals surface area contributed by atoms with Crippen LogP contribution < -0.4 is 5.32 Å². The quantitative estimate of drug-likeness (QED) is 0.365. The van der Waals surface area contributed by atoms with Crippen molar-refractivity contribution in [2.75, 3.05) is 5.75 Å². The Labute approximate surface area is 213 Å². The molecule has 0 bridgehead atoms. The van der Waals surface area contributed by atoms with Crippen LogP contribution in [0, 0.1) is 0 Å². The van der Waals surface area contributed by atoms with Gasteiger partial charge in [0.1, 0.15) is 6.04 Å². The van der Waals surface area contributed by atoms with Gasteiger partial charge in [-0.15, -0.1) is 11.8 Å². The Morgan fingerprint density at radius 2 is 1.37 bits per heavy atom. The Kier molecular flexibility index (Phi) is 9.41. The molecular weight excluding hydrogens is 452 g/mol. The van der Waals surface area contributed by atoms with Crippen LogP contribution >= 0.6 is 11.8 Å². The molecule has 0 radical (unpaired) electrons. The van der Waals surface area contributed by atoms with Crippen molar-refractivity contribution >= 4 is 23.6 Å². The zero-order chi connectivity index (χ0) is 24.3. The highest BCUT2D eigenvalue weighted by Crippen LogP contribution is 2.22. The number of thioether (sulfide) groups is 1. The molecule has 3 aromatic carbocycles. The molecule has 1 aliphatic carbocycles. The van der Waals surface area contributed by atoms with Crippen LogP contribution in [0.15, 0.2) is 95.9 Å². The lowest BCUT2D eigenvalue weighted by Crippen LogP contribution is -2.53. The first-order chi connectivity index (χ1) is 17.2. The summed E-state index contributed by atoms with van der Waals surface area (Å²) >= 11 is 1.52. The number of nitrogens with zero attached hydrogens (tertiary/aromatic N) is 1. The second-order valence-electron chi connectivity index (χ2n) is 9.16. The molecule has 4 nitrogen and oxygen atoms in total. The summed E-state index contributed by atoms with van der Waals surface area (Å²) in [5, 5.41) is 3.29. The maximum atomic E-state index is 13.7. The van der Waals surface area contributed by atoms with Gasteiger partial charge in [0.15, 0.2) is 0 Å². The van der Waals surface area contributed by atoms with Crippen molar-refractivity contribution in [3.8, 4) is 0 Å². The molecule has 0 saturated heterocycles. The highest BCUT2D eigenvalue weighted by Gasteiger charge is 2.31. The van der Waals surface area contributed by atoms with E-state index in [0.29, 0.717) is 18.7 Å². The summed E-state index contributed by atoms with van der Waals surface area (Å²) in [6.07, 6.45) is 6.05. The third-order valence-corrected chi connectivity index (χ3v) is 7.52. The van der Waals surface area contributed by atoms with E-state index in [1.807, 2.05) is 91.0 Å². The zero-order valence-corrected chi connectivity index (χ0v) is 21.0. The SMILES string of the molecule is O=C(NC1CCCCC1)[C@H](Cc1ccccc1)N(Cc1ccccc1)C(=O)CSc1ccccc1. The summed E-state index contributed by atoms with van der Waals surface area (Å²) in [6, 6.07) is 29.5. The lowest BCUT2D eigenvalue weighted by molar-refractivity contribution is -0.139. The molecule has 2 amide bonds. The number of benzene rings is 3. The van der Waals surface area contributed by atoms with Gasteiger partial charge in [-0.25, -0.2) is 0 Å². The Bertz CT molecular complexity index is 1050. The fourth-order valence-corrected chi connectivity index (χ4v) is 5.43. The van der Waals surface area contributed by atoms with Gasteiger partial charge in [-0.3, -0.25) is 9.59 Å². The smallest absolute Gasteiger partial charge is 0.243 e. The summed E-state index contributed by atoms with van der Waals surface area (Å²) < 4.78 is 0. The van der Waals surface area contributed by atoms with E-state index in [1.54, 1.807) is 4.90 Å². The molecule has 0 spiro atoms. The summed E-state index contributed by atoms with van der Waals surface area (Å²) in [5.41, 5.74) is 2.08. The monoisotopic (exact) mass is 486 g/mol. The van der Waals surface area contributed by atoms with E-state index >= 15 is 0 Å². The standard InChI is InChI=1S/C30H34N2O2S/c33-29(23-35-27-19-11-4-12-20-27)32(22-25-15-7-2-8-16-25)28(21-24-13-5-1-6-14-24)30(34)31-26-17-9-3-10-18-26/h1-2,4-8,11-16,19-20,26,28H,3,9-10,17-18,21-23H2,(H,31,34)/t28-/m0/s1. The van der Waals surface area contributed by atoms with Crippen molar-refractivity contribution < 1.29 is 9.59 Å². The average molecular weight is 487 g/mol. The molecule has 1 saturated carbocycles. The molecule has 0 unspecified atom stereocenters. The number of hydrogen-bond acceptors (Lipinski definition) is 3. The average Bonchev–Trinajstić information content (AvgIpc) is 2.91. The van der Waals surface area contributed by atoms with Crippen LogP contribution in [0.3, 0.4) is 0 Å². The predicted octanol–water partition coefficient (Wildman–Crippen LogP) is 5.87. The molecule has 0 aliphatic heterocycles. The first-order valence-electron chi connectivity index (χ1n) is 12.5. The number of nitrogens with one attached hydrogen (secondary N) is 1. The number of hydrogen-bond donors (Lipinski definition) is 1. The molecule has 1 N–H and O–H groups in total. The Morgan fingerprint density at radius 1 is 0.800 bits per heavy atom. The van der Waals surface area contributed by atoms with Crippen molar-refractivity contribution in [1.29, 1.82) is 0 Å². The largest absolute Gasteiger partial charge is 0.352 e. The van der Waals surface area contributed by atoms with Gasteiger partial charge in [0.2, 0.25) is 11.8 Å². The van der Waals surface area contributed by atoms with Crippen LogP contribution in [0.5, 0.6) is 0 Å². The lowest BCUT2D eigenvalue weighted by atomic mass is 9.94. The molecule has 35 heavy (non-hydrogen) atoms. The number of carbonyl (C=O) groups excluding carboxylic acids is 2. The van der Waals surface area contributed by atoms with E-state index < -0.39 is 6.04 Å². The Balaban J connectivity index is 1.58. The van der Waals surface area contributed by atoms with Crippen LogP contribution in [0.25, 0.3) is 0 Å². The van der Waals surface area contributed by atoms with Gasteiger partial charge in [0, 0.05) is 23.9 Å². The molecule has 182 valence electrons. The zero-order valence-electron chi connectivity index (χ0n) is 20.1. The van der Waals surface area contributed by atoms with Crippen LogP contribution in [0.1, 0.15) is 43.2 Å². The lowest BCUT2D eigenvalue weighted by Gasteiger charge is -2.33. The highest BCUT2D eigenvalue weighted by atomic mass is 32.2. The topological polar surface area (TPSA) is 49.4 Å². The predicted molar refractivity (Wildman–Crippen MR) is 143 cm³/mol. The van der Waals surface area contributed by atoms with Gasteiger partial charge in [-0.05, 0) is 36.1 Å². The molecule has 0 aromatic heterocycles. The fraction of sp³-hybridized carbons (Fsp3) is 0.333. The molecule has 1 fully saturated rings. The summed E-state index contributed by atoms with van der Waals surface area (Å²) in [5.74, 6) is 0.218. The Morgan fingerprint density at radius 3 is 2.00 bits per heavy atom. The molecule has 0 heterocycles. The molecule has 3 aromatic rings. The summed E-state index contributed by atoms with van der Waals surface area (Å²) in [6.45, 7) is 0.407. The van der Waals surface area contributed by atoms with E-state index in [-0.39, 0.29) is 17.9 Å². The maximum Gasteiger partial charge on any atom is 0.243 e. The van der Waals surface area contributed by atoms with Gasteiger partial charge >= 0.3 is 0 Å². The normalized spacial score (nSPS) is 14.7. The first-order valence-corrected chi connectivity index (χ1v) is 13.5. The second kappa shape index (κ2) is 13.1. The van der Waals surface area contributed by atoms with Gasteiger partial charge < -0.3 is 10.2 Å². The van der Waals surface area contributed by atoms with Crippen molar-refractivity contribution in [3.05, 3.63) is 102 Å². The third kappa shape index (κ3) is 7.72.